The van der Waals surface area contributed by atoms with Crippen molar-refractivity contribution in [1.82, 2.24) is 20.3 Å². The molecule has 0 fully saturated rings. The van der Waals surface area contributed by atoms with Crippen LogP contribution in [0.2, 0.25) is 0 Å². The zero-order valence-corrected chi connectivity index (χ0v) is 13.7. The van der Waals surface area contributed by atoms with E-state index in [1.807, 2.05) is 61.1 Å². The first-order chi connectivity index (χ1) is 11.9. The highest BCUT2D eigenvalue weighted by molar-refractivity contribution is 5.08. The van der Waals surface area contributed by atoms with E-state index in [9.17, 15) is 0 Å². The molecule has 0 aliphatic heterocycles. The summed E-state index contributed by atoms with van der Waals surface area (Å²) in [5.41, 5.74) is 3.29. The Morgan fingerprint density at radius 1 is 0.708 bits per heavy atom. The maximum absolute atomic E-state index is 4.46. The summed E-state index contributed by atoms with van der Waals surface area (Å²) in [6.45, 7) is 0.764. The molecule has 0 aromatic carbocycles. The Bertz CT molecular complexity index is 658. The minimum atomic E-state index is 0.337. The van der Waals surface area contributed by atoms with Crippen molar-refractivity contribution in [2.75, 3.05) is 0 Å². The van der Waals surface area contributed by atoms with Crippen LogP contribution in [0.15, 0.2) is 73.2 Å². The third-order valence-corrected chi connectivity index (χ3v) is 3.95. The Labute approximate surface area is 143 Å². The van der Waals surface area contributed by atoms with Crippen molar-refractivity contribution in [1.29, 1.82) is 0 Å². The van der Waals surface area contributed by atoms with Crippen LogP contribution in [-0.2, 0) is 19.4 Å². The monoisotopic (exact) mass is 318 g/mol. The summed E-state index contributed by atoms with van der Waals surface area (Å²) in [7, 11) is 0. The lowest BCUT2D eigenvalue weighted by atomic mass is 10.0. The molecule has 0 amide bonds. The molecular formula is C20H22N4. The van der Waals surface area contributed by atoms with Gasteiger partial charge in [-0.15, -0.1) is 0 Å². The molecule has 0 bridgehead atoms. The minimum absolute atomic E-state index is 0.337. The van der Waals surface area contributed by atoms with Crippen LogP contribution in [0.3, 0.4) is 0 Å². The van der Waals surface area contributed by atoms with E-state index in [1.165, 1.54) is 0 Å². The first-order valence-electron chi connectivity index (χ1n) is 8.33. The van der Waals surface area contributed by atoms with Crippen molar-refractivity contribution in [2.45, 2.75) is 31.8 Å². The van der Waals surface area contributed by atoms with Gasteiger partial charge in [0.05, 0.1) is 5.69 Å². The zero-order valence-electron chi connectivity index (χ0n) is 13.7. The molecule has 0 aliphatic rings. The van der Waals surface area contributed by atoms with Crippen LogP contribution in [0, 0.1) is 0 Å². The third kappa shape index (κ3) is 5.25. The van der Waals surface area contributed by atoms with Gasteiger partial charge in [0.15, 0.2) is 0 Å². The predicted octanol–water partition coefficient (Wildman–Crippen LogP) is 3.21. The van der Waals surface area contributed by atoms with Crippen molar-refractivity contribution >= 4 is 0 Å². The number of hydrogen-bond donors (Lipinski definition) is 1. The summed E-state index contributed by atoms with van der Waals surface area (Å²) in [6.07, 6.45) is 8.40. The van der Waals surface area contributed by atoms with E-state index < -0.39 is 0 Å². The third-order valence-electron chi connectivity index (χ3n) is 3.95. The molecule has 1 unspecified atom stereocenters. The minimum Gasteiger partial charge on any atom is -0.308 e. The van der Waals surface area contributed by atoms with Gasteiger partial charge in [0.25, 0.3) is 0 Å². The number of pyridine rings is 3. The first kappa shape index (κ1) is 16.3. The Kier molecular flexibility index (Phi) is 6.03. The average Bonchev–Trinajstić information content (AvgIpc) is 2.66. The van der Waals surface area contributed by atoms with Crippen LogP contribution < -0.4 is 5.32 Å². The molecule has 1 atom stereocenters. The molecule has 3 heterocycles. The predicted molar refractivity (Wildman–Crippen MR) is 95.4 cm³/mol. The first-order valence-corrected chi connectivity index (χ1v) is 8.33. The largest absolute Gasteiger partial charge is 0.308 e. The molecule has 3 aromatic rings. The summed E-state index contributed by atoms with van der Waals surface area (Å²) < 4.78 is 0. The van der Waals surface area contributed by atoms with Gasteiger partial charge in [0, 0.05) is 49.0 Å². The second kappa shape index (κ2) is 8.89. The number of aryl methyl sites for hydroxylation is 1. The Morgan fingerprint density at radius 2 is 1.29 bits per heavy atom. The molecule has 3 aromatic heterocycles. The van der Waals surface area contributed by atoms with Gasteiger partial charge in [0.1, 0.15) is 0 Å². The van der Waals surface area contributed by atoms with Crippen molar-refractivity contribution in [3.05, 3.63) is 90.3 Å². The number of nitrogens with zero attached hydrogens (tertiary/aromatic N) is 3. The number of hydrogen-bond acceptors (Lipinski definition) is 4. The molecule has 0 spiro atoms. The molecule has 24 heavy (non-hydrogen) atoms. The fourth-order valence-electron chi connectivity index (χ4n) is 2.67. The van der Waals surface area contributed by atoms with Crippen molar-refractivity contribution < 1.29 is 0 Å². The van der Waals surface area contributed by atoms with Crippen LogP contribution in [0.5, 0.6) is 0 Å². The second-order valence-electron chi connectivity index (χ2n) is 5.78. The Morgan fingerprint density at radius 3 is 1.88 bits per heavy atom. The van der Waals surface area contributed by atoms with Crippen LogP contribution in [0.25, 0.3) is 0 Å². The van der Waals surface area contributed by atoms with Gasteiger partial charge < -0.3 is 5.32 Å². The van der Waals surface area contributed by atoms with E-state index in [1.54, 1.807) is 0 Å². The van der Waals surface area contributed by atoms with Crippen LogP contribution in [-0.4, -0.2) is 21.0 Å². The van der Waals surface area contributed by atoms with Gasteiger partial charge in [-0.25, -0.2) is 0 Å². The lowest BCUT2D eigenvalue weighted by molar-refractivity contribution is 0.467. The highest BCUT2D eigenvalue weighted by Gasteiger charge is 2.11. The molecule has 0 radical (unpaired) electrons. The van der Waals surface area contributed by atoms with Gasteiger partial charge in [-0.05, 0) is 49.2 Å². The van der Waals surface area contributed by atoms with E-state index in [-0.39, 0.29) is 0 Å². The van der Waals surface area contributed by atoms with Crippen LogP contribution >= 0.6 is 0 Å². The van der Waals surface area contributed by atoms with Gasteiger partial charge >= 0.3 is 0 Å². The summed E-state index contributed by atoms with van der Waals surface area (Å²) in [6, 6.07) is 18.5. The maximum atomic E-state index is 4.46. The normalized spacial score (nSPS) is 12.0. The maximum Gasteiger partial charge on any atom is 0.0541 e. The fourth-order valence-corrected chi connectivity index (χ4v) is 2.67. The molecule has 3 rings (SSSR count). The Balaban J connectivity index is 1.61. The van der Waals surface area contributed by atoms with Crippen molar-refractivity contribution in [3.63, 3.8) is 0 Å². The number of rotatable bonds is 8. The highest BCUT2D eigenvalue weighted by atomic mass is 14.9. The molecule has 122 valence electrons. The quantitative estimate of drug-likeness (QED) is 0.693. The summed E-state index contributed by atoms with van der Waals surface area (Å²) in [4.78, 5) is 13.3. The molecule has 4 nitrogen and oxygen atoms in total. The van der Waals surface area contributed by atoms with Crippen LogP contribution in [0.1, 0.15) is 23.5 Å². The smallest absolute Gasteiger partial charge is 0.0541 e. The van der Waals surface area contributed by atoms with E-state index in [0.29, 0.717) is 6.04 Å². The van der Waals surface area contributed by atoms with Crippen LogP contribution in [0.4, 0.5) is 0 Å². The van der Waals surface area contributed by atoms with Gasteiger partial charge in [-0.3, -0.25) is 15.0 Å². The van der Waals surface area contributed by atoms with E-state index in [4.69, 9.17) is 0 Å². The fraction of sp³-hybridized carbons (Fsp3) is 0.250. The number of nitrogens with one attached hydrogen (secondary N) is 1. The summed E-state index contributed by atoms with van der Waals surface area (Å²) in [5, 5.41) is 3.62. The number of aromatic nitrogens is 3. The topological polar surface area (TPSA) is 50.7 Å². The van der Waals surface area contributed by atoms with Crippen molar-refractivity contribution in [3.8, 4) is 0 Å². The molecule has 0 aliphatic carbocycles. The zero-order chi connectivity index (χ0) is 16.5. The average molecular weight is 318 g/mol. The second-order valence-corrected chi connectivity index (χ2v) is 5.78. The van der Waals surface area contributed by atoms with E-state index in [0.717, 1.165) is 42.9 Å². The molecular weight excluding hydrogens is 296 g/mol. The highest BCUT2D eigenvalue weighted by Crippen LogP contribution is 2.08. The van der Waals surface area contributed by atoms with E-state index >= 15 is 0 Å². The van der Waals surface area contributed by atoms with Gasteiger partial charge in [0.2, 0.25) is 0 Å². The standard InChI is InChI=1S/C20H22N4/c1-4-12-21-17(7-1)10-11-19(15-18-8-2-5-13-22-18)24-16-20-9-3-6-14-23-20/h1-9,12-14,19,24H,10-11,15-16H2. The summed E-state index contributed by atoms with van der Waals surface area (Å²) in [5.74, 6) is 0. The van der Waals surface area contributed by atoms with Crippen molar-refractivity contribution in [2.24, 2.45) is 0 Å². The van der Waals surface area contributed by atoms with E-state index in [2.05, 4.69) is 32.4 Å². The molecule has 0 saturated carbocycles. The molecule has 0 saturated heterocycles. The lowest BCUT2D eigenvalue weighted by Gasteiger charge is -2.18. The summed E-state index contributed by atoms with van der Waals surface area (Å²) >= 11 is 0. The van der Waals surface area contributed by atoms with Gasteiger partial charge in [-0.1, -0.05) is 18.2 Å². The lowest BCUT2D eigenvalue weighted by Crippen LogP contribution is -2.32. The molecule has 1 N–H and O–H groups in total. The SMILES string of the molecule is c1ccc(CCC(Cc2ccccn2)NCc2ccccn2)nc1. The Hall–Kier alpha value is -2.59. The van der Waals surface area contributed by atoms with Gasteiger partial charge in [-0.2, -0.15) is 0 Å². The molecule has 4 heteroatoms.